The van der Waals surface area contributed by atoms with Crippen LogP contribution in [0, 0.1) is 0 Å². The van der Waals surface area contributed by atoms with Gasteiger partial charge in [0.15, 0.2) is 0 Å². The molecule has 1 atom stereocenters. The van der Waals surface area contributed by atoms with Crippen LogP contribution >= 0.6 is 0 Å². The molecule has 1 N–H and O–H groups in total. The van der Waals surface area contributed by atoms with E-state index in [1.807, 2.05) is 13.0 Å². The fourth-order valence-corrected chi connectivity index (χ4v) is 4.71. The molecule has 5 nitrogen and oxygen atoms in total. The molecule has 0 amide bonds. The SMILES string of the molecule is CCNS(=O)(=O)C1CCN(Cc2ccn(Cc3ccccc3)c2)C1. The maximum Gasteiger partial charge on any atom is 0.215 e. The lowest BCUT2D eigenvalue weighted by molar-refractivity contribution is 0.331. The minimum absolute atomic E-state index is 0.288. The highest BCUT2D eigenvalue weighted by Crippen LogP contribution is 2.19. The van der Waals surface area contributed by atoms with Crippen LogP contribution in [0.2, 0.25) is 0 Å². The number of aromatic nitrogens is 1. The smallest absolute Gasteiger partial charge is 0.215 e. The molecule has 0 saturated carbocycles. The van der Waals surface area contributed by atoms with Crippen molar-refractivity contribution in [3.63, 3.8) is 0 Å². The van der Waals surface area contributed by atoms with Gasteiger partial charge in [0.25, 0.3) is 0 Å². The molecule has 1 aromatic heterocycles. The van der Waals surface area contributed by atoms with Crippen molar-refractivity contribution in [2.24, 2.45) is 0 Å². The van der Waals surface area contributed by atoms with E-state index in [0.717, 1.165) is 19.6 Å². The molecule has 0 radical (unpaired) electrons. The maximum absolute atomic E-state index is 12.1. The van der Waals surface area contributed by atoms with E-state index in [2.05, 4.69) is 56.9 Å². The highest BCUT2D eigenvalue weighted by molar-refractivity contribution is 7.90. The molecule has 0 bridgehead atoms. The van der Waals surface area contributed by atoms with E-state index in [1.165, 1.54) is 11.1 Å². The Hall–Kier alpha value is -1.63. The summed E-state index contributed by atoms with van der Waals surface area (Å²) in [6.07, 6.45) is 4.95. The molecular weight excluding hydrogens is 322 g/mol. The molecule has 3 rings (SSSR count). The van der Waals surface area contributed by atoms with Crippen molar-refractivity contribution in [2.45, 2.75) is 31.7 Å². The van der Waals surface area contributed by atoms with Crippen molar-refractivity contribution >= 4 is 10.0 Å². The third-order valence-corrected chi connectivity index (χ3v) is 6.39. The van der Waals surface area contributed by atoms with Crippen molar-refractivity contribution in [2.75, 3.05) is 19.6 Å². The van der Waals surface area contributed by atoms with Crippen molar-refractivity contribution in [1.29, 1.82) is 0 Å². The van der Waals surface area contributed by atoms with Gasteiger partial charge in [-0.05, 0) is 30.2 Å². The van der Waals surface area contributed by atoms with Crippen LogP contribution in [-0.4, -0.2) is 42.8 Å². The average Bonchev–Trinajstić information content (AvgIpc) is 3.19. The zero-order chi connectivity index (χ0) is 17.0. The number of sulfonamides is 1. The van der Waals surface area contributed by atoms with E-state index in [0.29, 0.717) is 19.5 Å². The van der Waals surface area contributed by atoms with E-state index < -0.39 is 10.0 Å². The molecular formula is C18H25N3O2S. The van der Waals surface area contributed by atoms with Crippen LogP contribution < -0.4 is 4.72 Å². The standard InChI is InChI=1S/C18H25N3O2S/c1-2-19-24(22,23)18-9-11-21(15-18)14-17-8-10-20(13-17)12-16-6-4-3-5-7-16/h3-8,10,13,18-19H,2,9,11-12,14-15H2,1H3. The highest BCUT2D eigenvalue weighted by Gasteiger charge is 2.32. The van der Waals surface area contributed by atoms with E-state index in [1.54, 1.807) is 0 Å². The van der Waals surface area contributed by atoms with Gasteiger partial charge in [-0.3, -0.25) is 4.90 Å². The zero-order valence-electron chi connectivity index (χ0n) is 14.1. The Morgan fingerprint density at radius 1 is 1.12 bits per heavy atom. The largest absolute Gasteiger partial charge is 0.350 e. The van der Waals surface area contributed by atoms with Gasteiger partial charge in [0, 0.05) is 38.6 Å². The Labute approximate surface area is 144 Å². The van der Waals surface area contributed by atoms with Crippen molar-refractivity contribution in [3.8, 4) is 0 Å². The molecule has 0 spiro atoms. The molecule has 1 aliphatic rings. The second kappa shape index (κ2) is 7.51. The summed E-state index contributed by atoms with van der Waals surface area (Å²) in [7, 11) is -3.17. The predicted octanol–water partition coefficient (Wildman–Crippen LogP) is 2.05. The van der Waals surface area contributed by atoms with Gasteiger partial charge in [-0.15, -0.1) is 0 Å². The van der Waals surface area contributed by atoms with E-state index >= 15 is 0 Å². The predicted molar refractivity (Wildman–Crippen MR) is 96.3 cm³/mol. The third-order valence-electron chi connectivity index (χ3n) is 4.44. The lowest BCUT2D eigenvalue weighted by Crippen LogP contribution is -2.36. The van der Waals surface area contributed by atoms with E-state index in [9.17, 15) is 8.42 Å². The second-order valence-corrected chi connectivity index (χ2v) is 8.41. The normalized spacial score (nSPS) is 19.0. The van der Waals surface area contributed by atoms with Crippen LogP contribution in [0.15, 0.2) is 48.8 Å². The number of rotatable bonds is 7. The number of nitrogens with one attached hydrogen (secondary N) is 1. The lowest BCUT2D eigenvalue weighted by Gasteiger charge is -2.15. The molecule has 130 valence electrons. The Bertz CT molecular complexity index is 756. The molecule has 1 aromatic carbocycles. The van der Waals surface area contributed by atoms with Gasteiger partial charge in [0.05, 0.1) is 5.25 Å². The molecule has 1 saturated heterocycles. The van der Waals surface area contributed by atoms with Gasteiger partial charge < -0.3 is 4.57 Å². The summed E-state index contributed by atoms with van der Waals surface area (Å²) in [6.45, 7) is 5.39. The third kappa shape index (κ3) is 4.26. The first-order valence-electron chi connectivity index (χ1n) is 8.46. The fraction of sp³-hybridized carbons (Fsp3) is 0.444. The first kappa shape index (κ1) is 17.2. The fourth-order valence-electron chi connectivity index (χ4n) is 3.25. The average molecular weight is 347 g/mol. The number of likely N-dealkylation sites (tertiary alicyclic amines) is 1. The second-order valence-electron chi connectivity index (χ2n) is 6.37. The van der Waals surface area contributed by atoms with Crippen LogP contribution in [0.3, 0.4) is 0 Å². The van der Waals surface area contributed by atoms with Gasteiger partial charge in [-0.25, -0.2) is 13.1 Å². The Balaban J connectivity index is 1.56. The number of hydrogen-bond donors (Lipinski definition) is 1. The van der Waals surface area contributed by atoms with Gasteiger partial charge in [-0.1, -0.05) is 37.3 Å². The Morgan fingerprint density at radius 3 is 2.67 bits per heavy atom. The summed E-state index contributed by atoms with van der Waals surface area (Å²) < 4.78 is 29.0. The zero-order valence-corrected chi connectivity index (χ0v) is 14.9. The number of hydrogen-bond acceptors (Lipinski definition) is 3. The van der Waals surface area contributed by atoms with Crippen LogP contribution in [0.5, 0.6) is 0 Å². The number of benzene rings is 1. The van der Waals surface area contributed by atoms with Crippen molar-refractivity contribution < 1.29 is 8.42 Å². The number of nitrogens with zero attached hydrogens (tertiary/aromatic N) is 2. The molecule has 2 aromatic rings. The summed E-state index contributed by atoms with van der Waals surface area (Å²) in [6, 6.07) is 12.5. The summed E-state index contributed by atoms with van der Waals surface area (Å²) >= 11 is 0. The molecule has 2 heterocycles. The van der Waals surface area contributed by atoms with Crippen LogP contribution in [-0.2, 0) is 23.1 Å². The van der Waals surface area contributed by atoms with Gasteiger partial charge in [0.2, 0.25) is 10.0 Å². The van der Waals surface area contributed by atoms with Crippen molar-refractivity contribution in [3.05, 3.63) is 59.9 Å². The Morgan fingerprint density at radius 2 is 1.92 bits per heavy atom. The van der Waals surface area contributed by atoms with E-state index in [4.69, 9.17) is 0 Å². The first-order chi connectivity index (χ1) is 11.6. The summed E-state index contributed by atoms with van der Waals surface area (Å²) in [5.74, 6) is 0. The van der Waals surface area contributed by atoms with Crippen LogP contribution in [0.1, 0.15) is 24.5 Å². The quantitative estimate of drug-likeness (QED) is 0.834. The summed E-state index contributed by atoms with van der Waals surface area (Å²) in [5, 5.41) is -0.288. The molecule has 1 fully saturated rings. The molecule has 1 unspecified atom stereocenters. The highest BCUT2D eigenvalue weighted by atomic mass is 32.2. The monoisotopic (exact) mass is 347 g/mol. The van der Waals surface area contributed by atoms with Crippen LogP contribution in [0.4, 0.5) is 0 Å². The molecule has 0 aliphatic carbocycles. The van der Waals surface area contributed by atoms with Gasteiger partial charge in [0.1, 0.15) is 0 Å². The Kier molecular flexibility index (Phi) is 5.38. The molecule has 24 heavy (non-hydrogen) atoms. The topological polar surface area (TPSA) is 54.3 Å². The first-order valence-corrected chi connectivity index (χ1v) is 10.0. The molecule has 1 aliphatic heterocycles. The summed E-state index contributed by atoms with van der Waals surface area (Å²) in [5.41, 5.74) is 2.50. The van der Waals surface area contributed by atoms with Gasteiger partial charge >= 0.3 is 0 Å². The minimum atomic E-state index is -3.17. The van der Waals surface area contributed by atoms with E-state index in [-0.39, 0.29) is 5.25 Å². The van der Waals surface area contributed by atoms with Crippen LogP contribution in [0.25, 0.3) is 0 Å². The van der Waals surface area contributed by atoms with Gasteiger partial charge in [-0.2, -0.15) is 0 Å². The maximum atomic E-state index is 12.1. The molecule has 6 heteroatoms. The lowest BCUT2D eigenvalue weighted by atomic mass is 10.2. The van der Waals surface area contributed by atoms with Crippen molar-refractivity contribution in [1.82, 2.24) is 14.2 Å². The minimum Gasteiger partial charge on any atom is -0.350 e. The summed E-state index contributed by atoms with van der Waals surface area (Å²) in [4.78, 5) is 2.22.